The number of hydrogen-bond acceptors (Lipinski definition) is 4. The maximum atomic E-state index is 5.93. The van der Waals surface area contributed by atoms with Crippen molar-refractivity contribution in [2.24, 2.45) is 16.6 Å². The van der Waals surface area contributed by atoms with Crippen LogP contribution in [0.4, 0.5) is 0 Å². The van der Waals surface area contributed by atoms with Crippen molar-refractivity contribution in [1.82, 2.24) is 10.2 Å². The summed E-state index contributed by atoms with van der Waals surface area (Å²) in [5.41, 5.74) is 7.05. The number of ether oxygens (including phenoxy) is 2. The van der Waals surface area contributed by atoms with Crippen LogP contribution in [0.15, 0.2) is 23.2 Å². The van der Waals surface area contributed by atoms with Crippen molar-refractivity contribution in [3.8, 4) is 11.5 Å². The van der Waals surface area contributed by atoms with Gasteiger partial charge in [0.15, 0.2) is 17.5 Å². The third-order valence-electron chi connectivity index (χ3n) is 3.52. The monoisotopic (exact) mass is 450 g/mol. The van der Waals surface area contributed by atoms with E-state index in [1.807, 2.05) is 32.3 Å². The zero-order chi connectivity index (χ0) is 17.4. The molecule has 24 heavy (non-hydrogen) atoms. The first kappa shape index (κ1) is 22.8. The van der Waals surface area contributed by atoms with Crippen LogP contribution in [-0.4, -0.2) is 52.3 Å². The van der Waals surface area contributed by atoms with Crippen LogP contribution >= 0.6 is 24.0 Å². The van der Waals surface area contributed by atoms with Gasteiger partial charge < -0.3 is 25.4 Å². The van der Waals surface area contributed by atoms with E-state index in [9.17, 15) is 0 Å². The number of nitrogens with one attached hydrogen (secondary N) is 1. The lowest BCUT2D eigenvalue weighted by atomic mass is 10.1. The van der Waals surface area contributed by atoms with Crippen molar-refractivity contribution in [3.63, 3.8) is 0 Å². The summed E-state index contributed by atoms with van der Waals surface area (Å²) < 4.78 is 10.7. The lowest BCUT2D eigenvalue weighted by molar-refractivity contribution is 0.296. The van der Waals surface area contributed by atoms with Crippen molar-refractivity contribution < 1.29 is 9.47 Å². The van der Waals surface area contributed by atoms with Crippen LogP contribution in [0, 0.1) is 5.92 Å². The van der Waals surface area contributed by atoms with Crippen molar-refractivity contribution in [2.45, 2.75) is 19.9 Å². The Morgan fingerprint density at radius 1 is 1.21 bits per heavy atom. The largest absolute Gasteiger partial charge is 0.493 e. The zero-order valence-electron chi connectivity index (χ0n) is 15.5. The number of nitrogens with zero attached hydrogens (tertiary/aromatic N) is 2. The summed E-state index contributed by atoms with van der Waals surface area (Å²) in [5, 5.41) is 3.20. The molecule has 0 radical (unpaired) electrons. The topological polar surface area (TPSA) is 72.1 Å². The SMILES string of the molecule is COc1ccc(C(CNC(N)=NCC(C)C)N(C)C)cc1OC.I. The fourth-order valence-corrected chi connectivity index (χ4v) is 2.20. The fraction of sp³-hybridized carbons (Fsp3) is 0.588. The smallest absolute Gasteiger partial charge is 0.188 e. The minimum absolute atomic E-state index is 0. The highest BCUT2D eigenvalue weighted by Crippen LogP contribution is 2.31. The van der Waals surface area contributed by atoms with Crippen molar-refractivity contribution in [2.75, 3.05) is 41.4 Å². The van der Waals surface area contributed by atoms with Gasteiger partial charge in [-0.3, -0.25) is 4.99 Å². The Hall–Kier alpha value is -1.22. The maximum Gasteiger partial charge on any atom is 0.188 e. The van der Waals surface area contributed by atoms with E-state index >= 15 is 0 Å². The van der Waals surface area contributed by atoms with Gasteiger partial charge in [0.1, 0.15) is 0 Å². The normalized spacial score (nSPS) is 12.8. The van der Waals surface area contributed by atoms with Gasteiger partial charge in [-0.2, -0.15) is 0 Å². The first-order chi connectivity index (χ1) is 10.9. The Morgan fingerprint density at radius 3 is 2.33 bits per heavy atom. The Labute approximate surface area is 162 Å². The van der Waals surface area contributed by atoms with Crippen LogP contribution in [-0.2, 0) is 0 Å². The quantitative estimate of drug-likeness (QED) is 0.362. The first-order valence-corrected chi connectivity index (χ1v) is 7.81. The maximum absolute atomic E-state index is 5.93. The number of nitrogens with two attached hydrogens (primary N) is 1. The van der Waals surface area contributed by atoms with Crippen LogP contribution in [0.25, 0.3) is 0 Å². The average Bonchev–Trinajstić information content (AvgIpc) is 2.52. The van der Waals surface area contributed by atoms with E-state index in [0.717, 1.165) is 23.6 Å². The molecular weight excluding hydrogens is 419 g/mol. The molecule has 0 bridgehead atoms. The lowest BCUT2D eigenvalue weighted by Crippen LogP contribution is -2.38. The summed E-state index contributed by atoms with van der Waals surface area (Å²) in [6.07, 6.45) is 0. The van der Waals surface area contributed by atoms with Crippen LogP contribution in [0.3, 0.4) is 0 Å². The molecule has 0 aliphatic carbocycles. The van der Waals surface area contributed by atoms with E-state index in [-0.39, 0.29) is 30.0 Å². The van der Waals surface area contributed by atoms with E-state index in [0.29, 0.717) is 18.4 Å². The molecule has 1 atom stereocenters. The second kappa shape index (κ2) is 11.4. The zero-order valence-corrected chi connectivity index (χ0v) is 17.8. The molecule has 0 spiro atoms. The van der Waals surface area contributed by atoms with Crippen molar-refractivity contribution in [1.29, 1.82) is 0 Å². The van der Waals surface area contributed by atoms with Crippen LogP contribution in [0.2, 0.25) is 0 Å². The molecule has 0 aromatic heterocycles. The van der Waals surface area contributed by atoms with E-state index < -0.39 is 0 Å². The van der Waals surface area contributed by atoms with E-state index in [2.05, 4.69) is 29.1 Å². The number of methoxy groups -OCH3 is 2. The summed E-state index contributed by atoms with van der Waals surface area (Å²) in [7, 11) is 7.34. The standard InChI is InChI=1S/C17H30N4O2.HI/c1-12(2)10-19-17(18)20-11-14(21(3)4)13-7-8-15(22-5)16(9-13)23-6;/h7-9,12,14H,10-11H2,1-6H3,(H3,18,19,20);1H. The van der Waals surface area contributed by atoms with Gasteiger partial charge in [0.05, 0.1) is 20.3 Å². The molecule has 0 saturated heterocycles. The molecule has 1 rings (SSSR count). The summed E-state index contributed by atoms with van der Waals surface area (Å²) in [6, 6.07) is 6.09. The molecule has 0 heterocycles. The van der Waals surface area contributed by atoms with Gasteiger partial charge in [-0.05, 0) is 37.7 Å². The minimum atomic E-state index is 0. The minimum Gasteiger partial charge on any atom is -0.493 e. The molecule has 0 amide bonds. The van der Waals surface area contributed by atoms with Gasteiger partial charge in [-0.15, -0.1) is 24.0 Å². The van der Waals surface area contributed by atoms with E-state index in [4.69, 9.17) is 15.2 Å². The molecule has 0 aliphatic heterocycles. The van der Waals surface area contributed by atoms with Crippen molar-refractivity contribution >= 4 is 29.9 Å². The lowest BCUT2D eigenvalue weighted by Gasteiger charge is -2.26. The third-order valence-corrected chi connectivity index (χ3v) is 3.52. The van der Waals surface area contributed by atoms with Crippen molar-refractivity contribution in [3.05, 3.63) is 23.8 Å². The number of halogens is 1. The second-order valence-corrected chi connectivity index (χ2v) is 6.09. The molecule has 1 aromatic rings. The first-order valence-electron chi connectivity index (χ1n) is 7.81. The highest BCUT2D eigenvalue weighted by molar-refractivity contribution is 14.0. The molecule has 138 valence electrons. The summed E-state index contributed by atoms with van der Waals surface area (Å²) in [6.45, 7) is 5.61. The highest BCUT2D eigenvalue weighted by Gasteiger charge is 2.16. The van der Waals surface area contributed by atoms with E-state index in [1.54, 1.807) is 14.2 Å². The Bertz CT molecular complexity index is 521. The fourth-order valence-electron chi connectivity index (χ4n) is 2.20. The van der Waals surface area contributed by atoms with Crippen LogP contribution < -0.4 is 20.5 Å². The number of aliphatic imine (C=N–C) groups is 1. The molecule has 0 fully saturated rings. The Morgan fingerprint density at radius 2 is 1.83 bits per heavy atom. The number of guanidine groups is 1. The Balaban J connectivity index is 0.00000529. The second-order valence-electron chi connectivity index (χ2n) is 6.09. The summed E-state index contributed by atoms with van der Waals surface area (Å²) in [4.78, 5) is 6.46. The molecule has 1 unspecified atom stereocenters. The predicted molar refractivity (Wildman–Crippen MR) is 111 cm³/mol. The molecule has 0 saturated carbocycles. The summed E-state index contributed by atoms with van der Waals surface area (Å²) in [5.74, 6) is 2.41. The molecule has 1 aromatic carbocycles. The van der Waals surface area contributed by atoms with E-state index in [1.165, 1.54) is 0 Å². The number of hydrogen-bond donors (Lipinski definition) is 2. The van der Waals surface area contributed by atoms with Gasteiger partial charge in [-0.25, -0.2) is 0 Å². The van der Waals surface area contributed by atoms with Gasteiger partial charge in [0, 0.05) is 13.1 Å². The number of rotatable bonds is 8. The van der Waals surface area contributed by atoms with Gasteiger partial charge >= 0.3 is 0 Å². The van der Waals surface area contributed by atoms with Gasteiger partial charge in [0.25, 0.3) is 0 Å². The number of likely N-dealkylation sites (N-methyl/N-ethyl adjacent to an activating group) is 1. The molecule has 3 N–H and O–H groups in total. The van der Waals surface area contributed by atoms with Crippen LogP contribution in [0.1, 0.15) is 25.5 Å². The number of benzene rings is 1. The van der Waals surface area contributed by atoms with Crippen LogP contribution in [0.5, 0.6) is 11.5 Å². The predicted octanol–water partition coefficient (Wildman–Crippen LogP) is 2.48. The molecular formula is C17H31IN4O2. The average molecular weight is 450 g/mol. The van der Waals surface area contributed by atoms with Gasteiger partial charge in [0.2, 0.25) is 0 Å². The molecule has 6 nitrogen and oxygen atoms in total. The Kier molecular flexibility index (Phi) is 10.8. The summed E-state index contributed by atoms with van der Waals surface area (Å²) >= 11 is 0. The molecule has 7 heteroatoms. The highest BCUT2D eigenvalue weighted by atomic mass is 127. The third kappa shape index (κ3) is 7.12. The molecule has 0 aliphatic rings. The van der Waals surface area contributed by atoms with Gasteiger partial charge in [-0.1, -0.05) is 19.9 Å².